The van der Waals surface area contributed by atoms with Gasteiger partial charge in [-0.3, -0.25) is 9.79 Å². The van der Waals surface area contributed by atoms with Gasteiger partial charge in [0.05, 0.1) is 10.9 Å². The van der Waals surface area contributed by atoms with Crippen molar-refractivity contribution < 1.29 is 4.79 Å². The Bertz CT molecular complexity index is 388. The Kier molecular flexibility index (Phi) is 6.92. The van der Waals surface area contributed by atoms with Crippen molar-refractivity contribution in [2.75, 3.05) is 13.6 Å². The third-order valence-electron chi connectivity index (χ3n) is 1.89. The zero-order chi connectivity index (χ0) is 13.6. The van der Waals surface area contributed by atoms with Crippen LogP contribution in [0.25, 0.3) is 0 Å². The van der Waals surface area contributed by atoms with E-state index in [2.05, 4.69) is 24.7 Å². The van der Waals surface area contributed by atoms with Crippen LogP contribution in [0.2, 0.25) is 0 Å². The van der Waals surface area contributed by atoms with Crippen molar-refractivity contribution in [3.8, 4) is 0 Å². The maximum atomic E-state index is 11.6. The maximum absolute atomic E-state index is 11.6. The molecule has 17 heavy (non-hydrogen) atoms. The fourth-order valence-electron chi connectivity index (χ4n) is 0.931. The van der Waals surface area contributed by atoms with Gasteiger partial charge in [-0.25, -0.2) is 0 Å². The van der Waals surface area contributed by atoms with Crippen LogP contribution in [0.1, 0.15) is 13.8 Å². The van der Waals surface area contributed by atoms with Crippen molar-refractivity contribution in [3.63, 3.8) is 0 Å². The molecule has 94 valence electrons. The van der Waals surface area contributed by atoms with Gasteiger partial charge in [0, 0.05) is 17.5 Å². The minimum Gasteiger partial charge on any atom is -0.300 e. The van der Waals surface area contributed by atoms with E-state index in [0.717, 1.165) is 4.91 Å². The highest BCUT2D eigenvalue weighted by Gasteiger charge is 2.11. The Morgan fingerprint density at radius 2 is 1.88 bits per heavy atom. The minimum absolute atomic E-state index is 0.147. The lowest BCUT2D eigenvalue weighted by molar-refractivity contribution is -0.122. The van der Waals surface area contributed by atoms with Gasteiger partial charge in [0.2, 0.25) is 0 Å². The second kappa shape index (κ2) is 7.35. The third-order valence-corrected chi connectivity index (χ3v) is 2.77. The number of hydrogen-bond donors (Lipinski definition) is 0. The molecule has 0 atom stereocenters. The van der Waals surface area contributed by atoms with Crippen LogP contribution in [0, 0.1) is 0 Å². The predicted molar refractivity (Wildman–Crippen MR) is 77.3 cm³/mol. The number of rotatable bonds is 5. The Morgan fingerprint density at radius 3 is 2.29 bits per heavy atom. The van der Waals surface area contributed by atoms with Crippen LogP contribution in [0.15, 0.2) is 39.6 Å². The molecule has 0 heterocycles. The first-order valence-corrected chi connectivity index (χ1v) is 6.09. The quantitative estimate of drug-likeness (QED) is 0.437. The fourth-order valence-corrected chi connectivity index (χ4v) is 1.70. The first-order chi connectivity index (χ1) is 7.75. The molecule has 0 aliphatic heterocycles. The van der Waals surface area contributed by atoms with Gasteiger partial charge < -0.3 is 4.90 Å². The third kappa shape index (κ3) is 6.34. The summed E-state index contributed by atoms with van der Waals surface area (Å²) in [5, 5.41) is 0. The molecule has 3 nitrogen and oxygen atoms in total. The second-order valence-corrected chi connectivity index (χ2v) is 5.46. The van der Waals surface area contributed by atoms with Gasteiger partial charge >= 0.3 is 0 Å². The summed E-state index contributed by atoms with van der Waals surface area (Å²) >= 11 is 6.90. The monoisotopic (exact) mass is 272 g/mol. The van der Waals surface area contributed by atoms with Crippen molar-refractivity contribution in [2.24, 2.45) is 4.99 Å². The topological polar surface area (TPSA) is 32.7 Å². The van der Waals surface area contributed by atoms with E-state index in [9.17, 15) is 4.79 Å². The lowest BCUT2D eigenvalue weighted by Crippen LogP contribution is -2.31. The maximum Gasteiger partial charge on any atom is 0.253 e. The Balaban J connectivity index is 4.45. The van der Waals surface area contributed by atoms with Crippen LogP contribution < -0.4 is 0 Å². The number of amides is 1. The van der Waals surface area contributed by atoms with Gasteiger partial charge in [-0.2, -0.15) is 0 Å². The van der Waals surface area contributed by atoms with Gasteiger partial charge in [-0.05, 0) is 13.8 Å². The molecule has 1 amide bonds. The summed E-state index contributed by atoms with van der Waals surface area (Å²) in [6, 6.07) is 0. The second-order valence-electron chi connectivity index (χ2n) is 3.50. The van der Waals surface area contributed by atoms with Crippen molar-refractivity contribution in [2.45, 2.75) is 13.8 Å². The van der Waals surface area contributed by atoms with E-state index in [1.165, 1.54) is 16.7 Å². The smallest absolute Gasteiger partial charge is 0.253 e. The number of aliphatic imine (C=N–C) groups is 1. The fraction of sp³-hybridized carbons (Fsp3) is 0.333. The van der Waals surface area contributed by atoms with Crippen LogP contribution in [0.3, 0.4) is 0 Å². The molecular formula is C12H17ClN2OS. The summed E-state index contributed by atoms with van der Waals surface area (Å²) in [7, 11) is 1.66. The molecular weight excluding hydrogens is 256 g/mol. The zero-order valence-corrected chi connectivity index (χ0v) is 12.0. The minimum atomic E-state index is -0.147. The number of carbonyl (C=O) groups excluding carboxylic acids is 1. The van der Waals surface area contributed by atoms with Crippen molar-refractivity contribution in [3.05, 3.63) is 34.6 Å². The van der Waals surface area contributed by atoms with E-state index in [1.54, 1.807) is 20.9 Å². The number of halogens is 1. The summed E-state index contributed by atoms with van der Waals surface area (Å²) in [6.07, 6.45) is 0. The molecule has 0 unspecified atom stereocenters. The number of likely N-dealkylation sites (N-methyl/N-ethyl adjacent to an activating group) is 1. The van der Waals surface area contributed by atoms with E-state index in [0.29, 0.717) is 22.3 Å². The average Bonchev–Trinajstić information content (AvgIpc) is 2.22. The number of nitrogens with zero attached hydrogens (tertiary/aromatic N) is 2. The van der Waals surface area contributed by atoms with Gasteiger partial charge in [-0.1, -0.05) is 43.1 Å². The molecule has 0 bridgehead atoms. The Labute approximate surface area is 112 Å². The van der Waals surface area contributed by atoms with Gasteiger partial charge in [-0.15, -0.1) is 0 Å². The summed E-state index contributed by atoms with van der Waals surface area (Å²) in [5.41, 5.74) is 0.476. The number of hydrogen-bond acceptors (Lipinski definition) is 3. The number of thioether (sulfide) groups is 1. The summed E-state index contributed by atoms with van der Waals surface area (Å²) in [4.78, 5) is 18.1. The number of amidine groups is 1. The molecule has 0 saturated heterocycles. The lowest BCUT2D eigenvalue weighted by Gasteiger charge is -2.16. The first-order valence-electron chi connectivity index (χ1n) is 4.90. The zero-order valence-electron chi connectivity index (χ0n) is 10.4. The molecule has 0 rings (SSSR count). The van der Waals surface area contributed by atoms with Crippen LogP contribution in [0.4, 0.5) is 0 Å². The van der Waals surface area contributed by atoms with Crippen molar-refractivity contribution in [1.82, 2.24) is 4.90 Å². The first kappa shape index (κ1) is 16.0. The van der Waals surface area contributed by atoms with Crippen LogP contribution >= 0.6 is 23.4 Å². The normalized spacial score (nSPS) is 10.9. The summed E-state index contributed by atoms with van der Waals surface area (Å²) in [6.45, 7) is 14.8. The van der Waals surface area contributed by atoms with Crippen molar-refractivity contribution in [1.29, 1.82) is 0 Å². The van der Waals surface area contributed by atoms with E-state index in [4.69, 9.17) is 11.6 Å². The van der Waals surface area contributed by atoms with E-state index < -0.39 is 0 Å². The molecule has 0 spiro atoms. The SMILES string of the molecule is C=C(Cl)SC(=C)CN=C(C)N(C)C(=O)C(=C)C. The summed E-state index contributed by atoms with van der Waals surface area (Å²) < 4.78 is 0.453. The largest absolute Gasteiger partial charge is 0.300 e. The standard InChI is InChI=1S/C12H17ClN2OS/c1-8(2)12(16)15(6)11(5)14-7-9(3)17-10(4)13/h1,3-4,7H2,2,5-6H3. The van der Waals surface area contributed by atoms with E-state index in [-0.39, 0.29) is 5.91 Å². The Hall–Kier alpha value is -1.00. The molecule has 0 aliphatic rings. The molecule has 0 aliphatic carbocycles. The lowest BCUT2D eigenvalue weighted by atomic mass is 10.3. The highest BCUT2D eigenvalue weighted by molar-refractivity contribution is 8.08. The van der Waals surface area contributed by atoms with Crippen molar-refractivity contribution >= 4 is 35.1 Å². The number of carbonyl (C=O) groups is 1. The Morgan fingerprint density at radius 1 is 1.35 bits per heavy atom. The molecule has 0 radical (unpaired) electrons. The molecule has 5 heteroatoms. The molecule has 0 fully saturated rings. The highest BCUT2D eigenvalue weighted by Crippen LogP contribution is 2.25. The van der Waals surface area contributed by atoms with Gasteiger partial charge in [0.25, 0.3) is 5.91 Å². The molecule has 0 aromatic rings. The molecule has 0 saturated carbocycles. The molecule has 0 N–H and O–H groups in total. The molecule has 0 aromatic heterocycles. The molecule has 0 aromatic carbocycles. The highest BCUT2D eigenvalue weighted by atomic mass is 35.5. The van der Waals surface area contributed by atoms with Crippen LogP contribution in [0.5, 0.6) is 0 Å². The average molecular weight is 273 g/mol. The van der Waals surface area contributed by atoms with E-state index >= 15 is 0 Å². The van der Waals surface area contributed by atoms with Gasteiger partial charge in [0.1, 0.15) is 5.84 Å². The predicted octanol–water partition coefficient (Wildman–Crippen LogP) is 3.40. The van der Waals surface area contributed by atoms with Crippen LogP contribution in [-0.4, -0.2) is 30.2 Å². The van der Waals surface area contributed by atoms with Crippen LogP contribution in [-0.2, 0) is 4.79 Å². The van der Waals surface area contributed by atoms with Gasteiger partial charge in [0.15, 0.2) is 0 Å². The summed E-state index contributed by atoms with van der Waals surface area (Å²) in [5.74, 6) is 0.464. The van der Waals surface area contributed by atoms with E-state index in [1.807, 2.05) is 0 Å².